The normalized spacial score (nSPS) is 28.4. The summed E-state index contributed by atoms with van der Waals surface area (Å²) >= 11 is 0. The monoisotopic (exact) mass is 169 g/mol. The molecule has 0 saturated carbocycles. The molecule has 0 aliphatic carbocycles. The summed E-state index contributed by atoms with van der Waals surface area (Å²) in [4.78, 5) is 5.39. The van der Waals surface area contributed by atoms with E-state index in [1.165, 1.54) is 19.3 Å². The second kappa shape index (κ2) is 3.92. The molecule has 0 aromatic rings. The van der Waals surface area contributed by atoms with Crippen LogP contribution in [0.15, 0.2) is 5.16 Å². The average molecular weight is 169 g/mol. The van der Waals surface area contributed by atoms with Gasteiger partial charge in [0, 0.05) is 6.42 Å². The minimum absolute atomic E-state index is 0.0131. The van der Waals surface area contributed by atoms with Gasteiger partial charge in [-0.25, -0.2) is 0 Å². The molecule has 70 valence electrons. The van der Waals surface area contributed by atoms with Gasteiger partial charge < -0.3 is 4.84 Å². The molecule has 2 nitrogen and oxygen atoms in total. The first-order chi connectivity index (χ1) is 5.66. The Balaban J connectivity index is 2.23. The zero-order chi connectivity index (χ0) is 9.03. The summed E-state index contributed by atoms with van der Waals surface area (Å²) < 4.78 is 0. The summed E-state index contributed by atoms with van der Waals surface area (Å²) in [6.07, 6.45) is 5.99. The van der Waals surface area contributed by atoms with Gasteiger partial charge in [0.05, 0.1) is 5.71 Å². The molecule has 2 heteroatoms. The molecule has 0 radical (unpaired) electrons. The molecule has 0 bridgehead atoms. The Hall–Kier alpha value is -0.530. The lowest BCUT2D eigenvalue weighted by atomic mass is 9.93. The molecule has 0 N–H and O–H groups in total. The summed E-state index contributed by atoms with van der Waals surface area (Å²) in [5.74, 6) is 0. The molecular weight excluding hydrogens is 150 g/mol. The van der Waals surface area contributed by atoms with Crippen LogP contribution in [0.3, 0.4) is 0 Å². The maximum atomic E-state index is 5.39. The smallest absolute Gasteiger partial charge is 0.140 e. The van der Waals surface area contributed by atoms with Crippen LogP contribution in [0.4, 0.5) is 0 Å². The van der Waals surface area contributed by atoms with E-state index in [0.29, 0.717) is 0 Å². The lowest BCUT2D eigenvalue weighted by molar-refractivity contribution is -0.0115. The molecule has 1 rings (SSSR count). The van der Waals surface area contributed by atoms with Crippen LogP contribution in [0.2, 0.25) is 0 Å². The van der Waals surface area contributed by atoms with Crippen molar-refractivity contribution in [2.75, 3.05) is 0 Å². The van der Waals surface area contributed by atoms with Gasteiger partial charge in [0.15, 0.2) is 0 Å². The lowest BCUT2D eigenvalue weighted by Gasteiger charge is -2.20. The third-order valence-corrected chi connectivity index (χ3v) is 2.36. The molecule has 1 aliphatic heterocycles. The van der Waals surface area contributed by atoms with E-state index in [2.05, 4.69) is 19.0 Å². The van der Waals surface area contributed by atoms with Gasteiger partial charge in [-0.1, -0.05) is 24.9 Å². The van der Waals surface area contributed by atoms with Crippen LogP contribution in [0.5, 0.6) is 0 Å². The predicted molar refractivity (Wildman–Crippen MR) is 51.4 cm³/mol. The van der Waals surface area contributed by atoms with Crippen molar-refractivity contribution in [2.24, 2.45) is 5.16 Å². The lowest BCUT2D eigenvalue weighted by Crippen LogP contribution is -2.23. The van der Waals surface area contributed by atoms with Gasteiger partial charge in [0.25, 0.3) is 0 Å². The van der Waals surface area contributed by atoms with Gasteiger partial charge in [-0.15, -0.1) is 0 Å². The van der Waals surface area contributed by atoms with Gasteiger partial charge in [-0.3, -0.25) is 0 Å². The van der Waals surface area contributed by atoms with E-state index >= 15 is 0 Å². The predicted octanol–water partition coefficient (Wildman–Crippen LogP) is 3.12. The fraction of sp³-hybridized carbons (Fsp3) is 0.900. The minimum Gasteiger partial charge on any atom is -0.389 e. The zero-order valence-electron chi connectivity index (χ0n) is 8.39. The van der Waals surface area contributed by atoms with E-state index < -0.39 is 0 Å². The molecular formula is C10H19NO. The molecule has 1 heterocycles. The molecule has 0 amide bonds. The van der Waals surface area contributed by atoms with Gasteiger partial charge in [-0.05, 0) is 26.7 Å². The summed E-state index contributed by atoms with van der Waals surface area (Å²) in [5, 5.41) is 3.98. The second-order valence-corrected chi connectivity index (χ2v) is 4.00. The Labute approximate surface area is 75.0 Å². The number of hydrogen-bond acceptors (Lipinski definition) is 2. The van der Waals surface area contributed by atoms with Crippen molar-refractivity contribution < 1.29 is 4.84 Å². The molecule has 0 saturated heterocycles. The van der Waals surface area contributed by atoms with Crippen LogP contribution < -0.4 is 0 Å². The Morgan fingerprint density at radius 2 is 2.25 bits per heavy atom. The van der Waals surface area contributed by atoms with E-state index in [0.717, 1.165) is 18.6 Å². The number of oxime groups is 1. The van der Waals surface area contributed by atoms with Crippen molar-refractivity contribution in [2.45, 2.75) is 58.5 Å². The first kappa shape index (κ1) is 9.56. The first-order valence-electron chi connectivity index (χ1n) is 4.88. The van der Waals surface area contributed by atoms with Gasteiger partial charge in [0.2, 0.25) is 0 Å². The van der Waals surface area contributed by atoms with Crippen molar-refractivity contribution >= 4 is 5.71 Å². The third-order valence-electron chi connectivity index (χ3n) is 2.36. The van der Waals surface area contributed by atoms with Crippen LogP contribution in [0.1, 0.15) is 52.9 Å². The largest absolute Gasteiger partial charge is 0.389 e. The topological polar surface area (TPSA) is 21.6 Å². The van der Waals surface area contributed by atoms with E-state index in [1.807, 2.05) is 6.92 Å². The van der Waals surface area contributed by atoms with Crippen molar-refractivity contribution in [3.63, 3.8) is 0 Å². The van der Waals surface area contributed by atoms with E-state index in [4.69, 9.17) is 4.84 Å². The number of rotatable bonds is 4. The Morgan fingerprint density at radius 1 is 1.50 bits per heavy atom. The molecule has 0 unspecified atom stereocenters. The zero-order valence-corrected chi connectivity index (χ0v) is 8.39. The number of nitrogens with zero attached hydrogens (tertiary/aromatic N) is 1. The van der Waals surface area contributed by atoms with Crippen LogP contribution in [0.25, 0.3) is 0 Å². The van der Waals surface area contributed by atoms with Crippen LogP contribution in [-0.2, 0) is 4.84 Å². The van der Waals surface area contributed by atoms with Crippen molar-refractivity contribution in [3.05, 3.63) is 0 Å². The second-order valence-electron chi connectivity index (χ2n) is 4.00. The maximum absolute atomic E-state index is 5.39. The standard InChI is InChI=1S/C10H19NO/c1-4-5-6-7-10(3)8-9(2)11-12-10/h4-8H2,1-3H3/t10-/m1/s1. The van der Waals surface area contributed by atoms with Gasteiger partial charge in [-0.2, -0.15) is 0 Å². The van der Waals surface area contributed by atoms with Crippen molar-refractivity contribution in [1.29, 1.82) is 0 Å². The molecule has 0 aromatic heterocycles. The summed E-state index contributed by atoms with van der Waals surface area (Å²) in [7, 11) is 0. The van der Waals surface area contributed by atoms with E-state index in [-0.39, 0.29) is 5.60 Å². The van der Waals surface area contributed by atoms with Crippen LogP contribution >= 0.6 is 0 Å². The number of hydrogen-bond donors (Lipinski definition) is 0. The Kier molecular flexibility index (Phi) is 3.12. The highest BCUT2D eigenvalue weighted by atomic mass is 16.7. The summed E-state index contributed by atoms with van der Waals surface area (Å²) in [5.41, 5.74) is 1.15. The maximum Gasteiger partial charge on any atom is 0.140 e. The fourth-order valence-corrected chi connectivity index (χ4v) is 1.68. The molecule has 1 atom stereocenters. The molecule has 0 spiro atoms. The Morgan fingerprint density at radius 3 is 2.75 bits per heavy atom. The SMILES string of the molecule is CCCCC[C@]1(C)CC(C)=NO1. The average Bonchev–Trinajstić information content (AvgIpc) is 2.32. The van der Waals surface area contributed by atoms with Gasteiger partial charge >= 0.3 is 0 Å². The van der Waals surface area contributed by atoms with E-state index in [9.17, 15) is 0 Å². The molecule has 1 aliphatic rings. The number of unbranched alkanes of at least 4 members (excludes halogenated alkanes) is 2. The molecule has 0 fully saturated rings. The van der Waals surface area contributed by atoms with Crippen LogP contribution in [0, 0.1) is 0 Å². The van der Waals surface area contributed by atoms with Crippen molar-refractivity contribution in [1.82, 2.24) is 0 Å². The third kappa shape index (κ3) is 2.50. The molecule has 12 heavy (non-hydrogen) atoms. The first-order valence-corrected chi connectivity index (χ1v) is 4.88. The van der Waals surface area contributed by atoms with Crippen LogP contribution in [-0.4, -0.2) is 11.3 Å². The fourth-order valence-electron chi connectivity index (χ4n) is 1.68. The molecule has 0 aromatic carbocycles. The summed E-state index contributed by atoms with van der Waals surface area (Å²) in [6.45, 7) is 6.41. The summed E-state index contributed by atoms with van der Waals surface area (Å²) in [6, 6.07) is 0. The Bertz CT molecular complexity index is 177. The quantitative estimate of drug-likeness (QED) is 0.592. The van der Waals surface area contributed by atoms with Crippen molar-refractivity contribution in [3.8, 4) is 0 Å². The highest BCUT2D eigenvalue weighted by molar-refractivity contribution is 5.83. The highest BCUT2D eigenvalue weighted by Crippen LogP contribution is 2.28. The van der Waals surface area contributed by atoms with Gasteiger partial charge in [0.1, 0.15) is 5.60 Å². The van der Waals surface area contributed by atoms with E-state index in [1.54, 1.807) is 0 Å². The minimum atomic E-state index is 0.0131. The highest BCUT2D eigenvalue weighted by Gasteiger charge is 2.31.